The Kier molecular flexibility index (Phi) is 6.41. The zero-order valence-electron chi connectivity index (χ0n) is 15.3. The van der Waals surface area contributed by atoms with Gasteiger partial charge in [0.2, 0.25) is 0 Å². The molecule has 2 amide bonds. The molecule has 0 saturated heterocycles. The smallest absolute Gasteiger partial charge is 0.334 e. The highest BCUT2D eigenvalue weighted by Gasteiger charge is 2.34. The van der Waals surface area contributed by atoms with E-state index in [1.54, 1.807) is 13.2 Å². The number of aryl methyl sites for hydroxylation is 1. The first-order valence-electron chi connectivity index (χ1n) is 8.37. The van der Waals surface area contributed by atoms with Crippen LogP contribution in [0.4, 0.5) is 22.4 Å². The third-order valence-corrected chi connectivity index (χ3v) is 4.40. The molecule has 0 aliphatic rings. The largest absolute Gasteiger partial charge is 0.419 e. The Morgan fingerprint density at radius 1 is 1.26 bits per heavy atom. The summed E-state index contributed by atoms with van der Waals surface area (Å²) in [6.45, 7) is 3.42. The third-order valence-electron chi connectivity index (χ3n) is 4.40. The Morgan fingerprint density at radius 3 is 2.59 bits per heavy atom. The number of nitrogens with one attached hydrogen (secondary N) is 1. The molecule has 0 aliphatic heterocycles. The molecule has 27 heavy (non-hydrogen) atoms. The lowest BCUT2D eigenvalue weighted by atomic mass is 10.1. The number of nitrogens with zero attached hydrogens (tertiary/aromatic N) is 2. The fourth-order valence-corrected chi connectivity index (χ4v) is 2.58. The van der Waals surface area contributed by atoms with Crippen molar-refractivity contribution in [3.05, 3.63) is 64.7 Å². The molecule has 0 spiro atoms. The van der Waals surface area contributed by atoms with Gasteiger partial charge < -0.3 is 10.2 Å². The second-order valence-electron chi connectivity index (χ2n) is 6.37. The number of pyridine rings is 1. The van der Waals surface area contributed by atoms with E-state index in [-0.39, 0.29) is 18.2 Å². The molecular formula is C19H21F4N3O. The van der Waals surface area contributed by atoms with Gasteiger partial charge in [0.25, 0.3) is 0 Å². The maximum Gasteiger partial charge on any atom is 0.419 e. The number of aromatic nitrogens is 1. The van der Waals surface area contributed by atoms with Crippen LogP contribution in [-0.2, 0) is 19.1 Å². The van der Waals surface area contributed by atoms with Crippen molar-refractivity contribution in [2.24, 2.45) is 0 Å². The molecule has 0 bridgehead atoms. The molecule has 1 N–H and O–H groups in total. The predicted octanol–water partition coefficient (Wildman–Crippen LogP) is 4.32. The number of likely N-dealkylation sites (N-methyl/N-ethyl adjacent to an activating group) is 1. The highest BCUT2D eigenvalue weighted by Crippen LogP contribution is 2.32. The van der Waals surface area contributed by atoms with Gasteiger partial charge in [0.1, 0.15) is 5.82 Å². The van der Waals surface area contributed by atoms with Gasteiger partial charge in [-0.05, 0) is 31.5 Å². The van der Waals surface area contributed by atoms with E-state index in [2.05, 4.69) is 10.3 Å². The summed E-state index contributed by atoms with van der Waals surface area (Å²) in [4.78, 5) is 18.0. The predicted molar refractivity (Wildman–Crippen MR) is 93.5 cm³/mol. The highest BCUT2D eigenvalue weighted by atomic mass is 19.4. The van der Waals surface area contributed by atoms with Crippen LogP contribution in [0.2, 0.25) is 0 Å². The maximum atomic E-state index is 14.0. The summed E-state index contributed by atoms with van der Waals surface area (Å²) in [5, 5.41) is 2.46. The molecule has 0 saturated carbocycles. The average molecular weight is 383 g/mol. The molecule has 4 nitrogen and oxygen atoms in total. The maximum absolute atomic E-state index is 14.0. The summed E-state index contributed by atoms with van der Waals surface area (Å²) in [5.74, 6) is -1.37. The minimum Gasteiger partial charge on any atom is -0.334 e. The van der Waals surface area contributed by atoms with E-state index < -0.39 is 23.6 Å². The lowest BCUT2D eigenvalue weighted by Crippen LogP contribution is -2.43. The molecule has 0 unspecified atom stereocenters. The minimum absolute atomic E-state index is 0.204. The summed E-state index contributed by atoms with van der Waals surface area (Å²) in [5.41, 5.74) is 0.291. The lowest BCUT2D eigenvalue weighted by molar-refractivity contribution is -0.140. The van der Waals surface area contributed by atoms with Gasteiger partial charge in [-0.15, -0.1) is 0 Å². The number of urea groups is 1. The van der Waals surface area contributed by atoms with Crippen molar-refractivity contribution in [2.75, 3.05) is 7.05 Å². The van der Waals surface area contributed by atoms with Gasteiger partial charge in [0, 0.05) is 43.5 Å². The van der Waals surface area contributed by atoms with Gasteiger partial charge in [0.15, 0.2) is 0 Å². The Bertz CT molecular complexity index is 808. The standard InChI is InChI=1S/C19H21F4N3O/c1-12-6-5-9-24-16(12)10-13(2)26(3)18(27)25-11-14-7-4-8-15(17(14)20)19(21,22)23/h4-9,13H,10-11H2,1-3H3,(H,25,27)/t13-/m1/s1. The summed E-state index contributed by atoms with van der Waals surface area (Å²) < 4.78 is 52.3. The van der Waals surface area contributed by atoms with Crippen LogP contribution in [0.25, 0.3) is 0 Å². The fourth-order valence-electron chi connectivity index (χ4n) is 2.58. The summed E-state index contributed by atoms with van der Waals surface area (Å²) in [7, 11) is 1.57. The quantitative estimate of drug-likeness (QED) is 0.782. The summed E-state index contributed by atoms with van der Waals surface area (Å²) in [6, 6.07) is 6.03. The van der Waals surface area contributed by atoms with Crippen molar-refractivity contribution in [2.45, 2.75) is 39.0 Å². The summed E-state index contributed by atoms with van der Waals surface area (Å²) >= 11 is 0. The van der Waals surface area contributed by atoms with Gasteiger partial charge in [-0.25, -0.2) is 9.18 Å². The molecule has 146 valence electrons. The first-order chi connectivity index (χ1) is 12.6. The van der Waals surface area contributed by atoms with Crippen LogP contribution in [-0.4, -0.2) is 29.0 Å². The van der Waals surface area contributed by atoms with Crippen molar-refractivity contribution in [3.8, 4) is 0 Å². The van der Waals surface area contributed by atoms with Crippen LogP contribution < -0.4 is 5.32 Å². The Hall–Kier alpha value is -2.64. The molecule has 1 heterocycles. The first kappa shape index (κ1) is 20.7. The van der Waals surface area contributed by atoms with E-state index in [0.29, 0.717) is 12.5 Å². The Labute approximate surface area is 155 Å². The second-order valence-corrected chi connectivity index (χ2v) is 6.37. The molecule has 2 aromatic rings. The van der Waals surface area contributed by atoms with Crippen LogP contribution in [0.5, 0.6) is 0 Å². The van der Waals surface area contributed by atoms with Gasteiger partial charge in [-0.1, -0.05) is 18.2 Å². The fraction of sp³-hybridized carbons (Fsp3) is 0.368. The highest BCUT2D eigenvalue weighted by molar-refractivity contribution is 5.74. The SMILES string of the molecule is Cc1cccnc1C[C@@H](C)N(C)C(=O)NCc1cccc(C(F)(F)F)c1F. The van der Waals surface area contributed by atoms with Gasteiger partial charge in [-0.3, -0.25) is 4.98 Å². The Morgan fingerprint density at radius 2 is 1.96 bits per heavy atom. The van der Waals surface area contributed by atoms with E-state index >= 15 is 0 Å². The molecule has 0 fully saturated rings. The Balaban J connectivity index is 2.00. The normalized spacial score (nSPS) is 12.6. The molecule has 0 aliphatic carbocycles. The number of carbonyl (C=O) groups is 1. The second kappa shape index (κ2) is 8.37. The van der Waals surface area contributed by atoms with Gasteiger partial charge in [0.05, 0.1) is 5.56 Å². The first-order valence-corrected chi connectivity index (χ1v) is 8.37. The van der Waals surface area contributed by atoms with Crippen molar-refractivity contribution in [3.63, 3.8) is 0 Å². The molecule has 1 aromatic carbocycles. The van der Waals surface area contributed by atoms with Crippen LogP contribution in [0.1, 0.15) is 29.3 Å². The minimum atomic E-state index is -4.78. The van der Waals surface area contributed by atoms with E-state index in [0.717, 1.165) is 17.3 Å². The number of halogens is 4. The molecule has 1 aromatic heterocycles. The molecule has 8 heteroatoms. The number of hydrogen-bond acceptors (Lipinski definition) is 2. The van der Waals surface area contributed by atoms with Crippen LogP contribution in [0.15, 0.2) is 36.5 Å². The number of amides is 2. The van der Waals surface area contributed by atoms with E-state index in [4.69, 9.17) is 0 Å². The van der Waals surface area contributed by atoms with Crippen LogP contribution in [0, 0.1) is 12.7 Å². The molecule has 0 radical (unpaired) electrons. The van der Waals surface area contributed by atoms with E-state index in [1.807, 2.05) is 26.0 Å². The number of benzene rings is 1. The molecule has 1 atom stereocenters. The van der Waals surface area contributed by atoms with Gasteiger partial charge >= 0.3 is 12.2 Å². The van der Waals surface area contributed by atoms with Crippen LogP contribution in [0.3, 0.4) is 0 Å². The zero-order chi connectivity index (χ0) is 20.2. The van der Waals surface area contributed by atoms with Gasteiger partial charge in [-0.2, -0.15) is 13.2 Å². The van der Waals surface area contributed by atoms with E-state index in [1.165, 1.54) is 11.0 Å². The zero-order valence-corrected chi connectivity index (χ0v) is 15.3. The average Bonchev–Trinajstić information content (AvgIpc) is 2.60. The van der Waals surface area contributed by atoms with Crippen LogP contribution >= 0.6 is 0 Å². The third kappa shape index (κ3) is 5.18. The number of rotatable bonds is 5. The number of alkyl halides is 3. The monoisotopic (exact) mass is 383 g/mol. The molecule has 2 rings (SSSR count). The van der Waals surface area contributed by atoms with Crippen molar-refractivity contribution >= 4 is 6.03 Å². The van der Waals surface area contributed by atoms with Crippen molar-refractivity contribution in [1.29, 1.82) is 0 Å². The summed E-state index contributed by atoms with van der Waals surface area (Å²) in [6.07, 6.45) is -2.59. The number of carbonyl (C=O) groups excluding carboxylic acids is 1. The van der Waals surface area contributed by atoms with Crippen molar-refractivity contribution < 1.29 is 22.4 Å². The number of hydrogen-bond donors (Lipinski definition) is 1. The topological polar surface area (TPSA) is 45.2 Å². The van der Waals surface area contributed by atoms with Crippen molar-refractivity contribution in [1.82, 2.24) is 15.2 Å². The lowest BCUT2D eigenvalue weighted by Gasteiger charge is -2.25. The molecular weight excluding hydrogens is 362 g/mol. The van der Waals surface area contributed by atoms with E-state index in [9.17, 15) is 22.4 Å².